The van der Waals surface area contributed by atoms with Crippen LogP contribution in [0.4, 0.5) is 0 Å². The van der Waals surface area contributed by atoms with Gasteiger partial charge in [0, 0.05) is 12.8 Å². The average Bonchev–Trinajstić information content (AvgIpc) is 3.07. The van der Waals surface area contributed by atoms with Gasteiger partial charge in [-0.05, 0) is 44.6 Å². The Morgan fingerprint density at radius 1 is 0.458 bits per heavy atom. The van der Waals surface area contributed by atoms with Crippen LogP contribution in [0, 0.1) is 0 Å². The van der Waals surface area contributed by atoms with E-state index in [1.807, 2.05) is 0 Å². The van der Waals surface area contributed by atoms with E-state index in [0.29, 0.717) is 6.42 Å². The van der Waals surface area contributed by atoms with Crippen LogP contribution in [0.25, 0.3) is 0 Å². The number of carboxylic acids is 1. The lowest BCUT2D eigenvalue weighted by atomic mass is 10.0. The first-order valence-corrected chi connectivity index (χ1v) is 21.7. The van der Waals surface area contributed by atoms with Crippen LogP contribution in [-0.2, 0) is 14.3 Å². The Hall–Kier alpha value is -1.32. The summed E-state index contributed by atoms with van der Waals surface area (Å²) in [7, 11) is 0. The van der Waals surface area contributed by atoms with Gasteiger partial charge in [-0.15, -0.1) is 0 Å². The lowest BCUT2D eigenvalue weighted by Gasteiger charge is -2.15. The van der Waals surface area contributed by atoms with Gasteiger partial charge in [-0.3, -0.25) is 9.59 Å². The van der Waals surface area contributed by atoms with Crippen LogP contribution >= 0.6 is 0 Å². The fraction of sp³-hybridized carbons (Fsp3) is 0.909. The first-order chi connectivity index (χ1) is 23.6. The molecular weight excluding hydrogens is 592 g/mol. The molecule has 0 spiro atoms. The fourth-order valence-corrected chi connectivity index (χ4v) is 6.74. The summed E-state index contributed by atoms with van der Waals surface area (Å²) >= 11 is 0. The quantitative estimate of drug-likeness (QED) is 0.0398. The van der Waals surface area contributed by atoms with Crippen molar-refractivity contribution in [3.05, 3.63) is 12.2 Å². The lowest BCUT2D eigenvalue weighted by molar-refractivity contribution is -0.147. The van der Waals surface area contributed by atoms with Crippen LogP contribution in [-0.4, -0.2) is 23.1 Å². The third-order valence-corrected chi connectivity index (χ3v) is 9.97. The Kier molecular flexibility index (Phi) is 39.0. The number of aliphatic carboxylic acids is 1. The van der Waals surface area contributed by atoms with Gasteiger partial charge in [0.05, 0.1) is 0 Å². The third-order valence-electron chi connectivity index (χ3n) is 9.97. The number of carbonyl (C=O) groups excluding carboxylic acids is 1. The van der Waals surface area contributed by atoms with Crippen molar-refractivity contribution in [2.75, 3.05) is 0 Å². The Bertz CT molecular complexity index is 687. The molecule has 0 fully saturated rings. The molecule has 0 radical (unpaired) electrons. The molecule has 4 heteroatoms. The highest BCUT2D eigenvalue weighted by Gasteiger charge is 2.11. The zero-order chi connectivity index (χ0) is 35.0. The Morgan fingerprint density at radius 3 is 1.19 bits per heavy atom. The van der Waals surface area contributed by atoms with Crippen molar-refractivity contribution in [2.24, 2.45) is 0 Å². The Labute approximate surface area is 300 Å². The highest BCUT2D eigenvalue weighted by atomic mass is 16.5. The van der Waals surface area contributed by atoms with E-state index in [4.69, 9.17) is 9.84 Å². The van der Waals surface area contributed by atoms with Crippen LogP contribution in [0.3, 0.4) is 0 Å². The van der Waals surface area contributed by atoms with E-state index < -0.39 is 5.97 Å². The minimum absolute atomic E-state index is 0.0318. The van der Waals surface area contributed by atoms with Crippen LogP contribution in [0.5, 0.6) is 0 Å². The molecule has 0 aromatic carbocycles. The number of ether oxygens (including phenoxy) is 1. The highest BCUT2D eigenvalue weighted by molar-refractivity contribution is 5.69. The van der Waals surface area contributed by atoms with E-state index in [1.54, 1.807) is 0 Å². The van der Waals surface area contributed by atoms with Gasteiger partial charge in [0.1, 0.15) is 6.10 Å². The van der Waals surface area contributed by atoms with E-state index in [9.17, 15) is 9.59 Å². The summed E-state index contributed by atoms with van der Waals surface area (Å²) in [5, 5.41) is 8.78. The third kappa shape index (κ3) is 39.1. The molecule has 1 unspecified atom stereocenters. The van der Waals surface area contributed by atoms with E-state index >= 15 is 0 Å². The van der Waals surface area contributed by atoms with E-state index in [2.05, 4.69) is 26.0 Å². The standard InChI is InChI=1S/C44H84O4/c1-3-5-7-9-11-13-14-15-16-17-18-19-20-21-22-23-24-25-27-33-37-41-44(47)48-42(38-34-30-26-12-10-8-6-4-2)39-35-31-28-29-32-36-40-43(45)46/h34,38,42H,3-33,35-37,39-41H2,1-2H3,(H,45,46)/b38-34-. The molecule has 4 nitrogen and oxygen atoms in total. The lowest BCUT2D eigenvalue weighted by Crippen LogP contribution is -2.16. The Balaban J connectivity index is 3.84. The number of rotatable bonds is 40. The number of carbonyl (C=O) groups is 2. The van der Waals surface area contributed by atoms with Crippen LogP contribution in [0.15, 0.2) is 12.2 Å². The molecule has 0 rings (SSSR count). The van der Waals surface area contributed by atoms with Gasteiger partial charge in [0.25, 0.3) is 0 Å². The molecule has 0 aliphatic heterocycles. The molecule has 1 N–H and O–H groups in total. The predicted molar refractivity (Wildman–Crippen MR) is 209 cm³/mol. The van der Waals surface area contributed by atoms with E-state index in [1.165, 1.54) is 161 Å². The predicted octanol–water partition coefficient (Wildman–Crippen LogP) is 15.0. The van der Waals surface area contributed by atoms with Crippen molar-refractivity contribution >= 4 is 11.9 Å². The molecule has 0 aliphatic rings. The fourth-order valence-electron chi connectivity index (χ4n) is 6.74. The maximum atomic E-state index is 12.6. The summed E-state index contributed by atoms with van der Waals surface area (Å²) in [6, 6.07) is 0. The second-order valence-electron chi connectivity index (χ2n) is 14.9. The summed E-state index contributed by atoms with van der Waals surface area (Å²) in [5.74, 6) is -0.728. The molecule has 0 saturated heterocycles. The maximum absolute atomic E-state index is 12.6. The van der Waals surface area contributed by atoms with Gasteiger partial charge in [-0.25, -0.2) is 0 Å². The van der Waals surface area contributed by atoms with Crippen LogP contribution < -0.4 is 0 Å². The van der Waals surface area contributed by atoms with Gasteiger partial charge in [-0.1, -0.05) is 206 Å². The normalized spacial score (nSPS) is 12.2. The molecule has 48 heavy (non-hydrogen) atoms. The van der Waals surface area contributed by atoms with Crippen molar-refractivity contribution in [3.63, 3.8) is 0 Å². The van der Waals surface area contributed by atoms with Crippen molar-refractivity contribution < 1.29 is 19.4 Å². The first kappa shape index (κ1) is 46.7. The molecule has 284 valence electrons. The van der Waals surface area contributed by atoms with Gasteiger partial charge in [-0.2, -0.15) is 0 Å². The summed E-state index contributed by atoms with van der Waals surface area (Å²) in [6.45, 7) is 4.55. The highest BCUT2D eigenvalue weighted by Crippen LogP contribution is 2.17. The van der Waals surface area contributed by atoms with Crippen molar-refractivity contribution in [2.45, 2.75) is 258 Å². The smallest absolute Gasteiger partial charge is 0.306 e. The van der Waals surface area contributed by atoms with Crippen LogP contribution in [0.2, 0.25) is 0 Å². The van der Waals surface area contributed by atoms with E-state index in [0.717, 1.165) is 64.2 Å². The van der Waals surface area contributed by atoms with Crippen molar-refractivity contribution in [3.8, 4) is 0 Å². The molecule has 0 saturated carbocycles. The molecular formula is C44H84O4. The number of esters is 1. The average molecular weight is 677 g/mol. The minimum atomic E-state index is -0.696. The van der Waals surface area contributed by atoms with Gasteiger partial charge < -0.3 is 9.84 Å². The van der Waals surface area contributed by atoms with Gasteiger partial charge in [0.2, 0.25) is 0 Å². The first-order valence-electron chi connectivity index (χ1n) is 21.7. The van der Waals surface area contributed by atoms with Gasteiger partial charge in [0.15, 0.2) is 0 Å². The second kappa shape index (κ2) is 40.1. The molecule has 0 aromatic heterocycles. The maximum Gasteiger partial charge on any atom is 0.306 e. The molecule has 0 aliphatic carbocycles. The number of hydrogen-bond acceptors (Lipinski definition) is 3. The molecule has 0 amide bonds. The second-order valence-corrected chi connectivity index (χ2v) is 14.9. The number of hydrogen-bond donors (Lipinski definition) is 1. The van der Waals surface area contributed by atoms with Gasteiger partial charge >= 0.3 is 11.9 Å². The molecule has 0 aromatic rings. The summed E-state index contributed by atoms with van der Waals surface area (Å²) in [4.78, 5) is 23.3. The summed E-state index contributed by atoms with van der Waals surface area (Å²) in [6.07, 6.45) is 49.8. The SMILES string of the molecule is CCCCCCCC/C=C\C(CCCCCCCCC(=O)O)OC(=O)CCCCCCCCCCCCCCCCCCCCCCC. The monoisotopic (exact) mass is 677 g/mol. The van der Waals surface area contributed by atoms with Crippen LogP contribution in [0.1, 0.15) is 251 Å². The van der Waals surface area contributed by atoms with E-state index in [-0.39, 0.29) is 18.5 Å². The van der Waals surface area contributed by atoms with Crippen molar-refractivity contribution in [1.82, 2.24) is 0 Å². The number of unbranched alkanes of at least 4 members (excludes halogenated alkanes) is 31. The zero-order valence-electron chi connectivity index (χ0n) is 32.6. The largest absolute Gasteiger partial charge is 0.481 e. The molecule has 0 heterocycles. The Morgan fingerprint density at radius 2 is 0.792 bits per heavy atom. The molecule has 0 bridgehead atoms. The van der Waals surface area contributed by atoms with Crippen molar-refractivity contribution in [1.29, 1.82) is 0 Å². The topological polar surface area (TPSA) is 63.6 Å². The summed E-state index contributed by atoms with van der Waals surface area (Å²) in [5.41, 5.74) is 0. The summed E-state index contributed by atoms with van der Waals surface area (Å²) < 4.78 is 5.93. The number of carboxylic acid groups (broad SMARTS) is 1. The minimum Gasteiger partial charge on any atom is -0.481 e. The number of allylic oxidation sites excluding steroid dienone is 1. The zero-order valence-corrected chi connectivity index (χ0v) is 32.6. The molecule has 1 atom stereocenters.